The number of nitriles is 1. The van der Waals surface area contributed by atoms with Gasteiger partial charge < -0.3 is 11.1 Å². The second-order valence-corrected chi connectivity index (χ2v) is 3.06. The Bertz CT molecular complexity index is 448. The number of anilines is 1. The van der Waals surface area contributed by atoms with Gasteiger partial charge in [-0.3, -0.25) is 5.32 Å². The predicted molar refractivity (Wildman–Crippen MR) is 63.0 cm³/mol. The van der Waals surface area contributed by atoms with Crippen LogP contribution in [0.15, 0.2) is 29.3 Å². The molecule has 0 unspecified atom stereocenters. The average molecular weight is 237 g/mol. The summed E-state index contributed by atoms with van der Waals surface area (Å²) in [7, 11) is 0. The van der Waals surface area contributed by atoms with Gasteiger partial charge in [-0.2, -0.15) is 10.3 Å². The zero-order valence-corrected chi connectivity index (χ0v) is 8.88. The number of guanidine groups is 1. The van der Waals surface area contributed by atoms with Crippen LogP contribution in [-0.2, 0) is 0 Å². The maximum absolute atomic E-state index is 12.6. The molecule has 0 saturated carbocycles. The summed E-state index contributed by atoms with van der Waals surface area (Å²) < 4.78 is 12.6. The van der Waals surface area contributed by atoms with Gasteiger partial charge in [-0.1, -0.05) is 0 Å². The predicted octanol–water partition coefficient (Wildman–Crippen LogP) is 0.908. The van der Waals surface area contributed by atoms with E-state index in [4.69, 9.17) is 23.2 Å². The van der Waals surface area contributed by atoms with Gasteiger partial charge in [-0.15, -0.1) is 0 Å². The number of nitrogens with one attached hydrogen (secondary N) is 2. The lowest BCUT2D eigenvalue weighted by molar-refractivity contribution is 0.628. The normalized spacial score (nSPS) is 10.4. The van der Waals surface area contributed by atoms with Crippen molar-refractivity contribution in [3.63, 3.8) is 0 Å². The highest BCUT2D eigenvalue weighted by molar-refractivity contribution is 7.80. The molecule has 1 aromatic rings. The number of hydrogen-bond acceptors (Lipinski definition) is 2. The fourth-order valence-electron chi connectivity index (χ4n) is 0.879. The summed E-state index contributed by atoms with van der Waals surface area (Å²) in [5, 5.41) is 13.1. The van der Waals surface area contributed by atoms with Crippen molar-refractivity contribution in [3.8, 4) is 6.19 Å². The molecule has 0 heterocycles. The summed E-state index contributed by atoms with van der Waals surface area (Å²) in [6.45, 7) is 0. The molecule has 7 heteroatoms. The first-order chi connectivity index (χ1) is 7.61. The number of halogens is 1. The summed E-state index contributed by atoms with van der Waals surface area (Å²) in [6.07, 6.45) is 1.60. The molecule has 0 aliphatic carbocycles. The topological polar surface area (TPSA) is 86.2 Å². The van der Waals surface area contributed by atoms with Gasteiger partial charge in [-0.05, 0) is 36.5 Å². The average Bonchev–Trinajstić information content (AvgIpc) is 2.21. The summed E-state index contributed by atoms with van der Waals surface area (Å²) in [5.41, 5.74) is 5.88. The zero-order valence-electron chi connectivity index (χ0n) is 8.07. The van der Waals surface area contributed by atoms with Crippen molar-refractivity contribution >= 4 is 29.0 Å². The molecule has 0 bridgehead atoms. The Balaban J connectivity index is 2.62. The van der Waals surface area contributed by atoms with Crippen LogP contribution < -0.4 is 16.4 Å². The molecular formula is C9H8FN5S. The molecule has 0 atom stereocenters. The molecule has 0 radical (unpaired) electrons. The SMILES string of the molecule is N#CNC(N)=NC(=S)Nc1ccc(F)cc1. The highest BCUT2D eigenvalue weighted by atomic mass is 32.1. The van der Waals surface area contributed by atoms with Crippen LogP contribution in [-0.4, -0.2) is 11.1 Å². The third kappa shape index (κ3) is 3.89. The van der Waals surface area contributed by atoms with Crippen LogP contribution in [0.2, 0.25) is 0 Å². The number of rotatable bonds is 1. The van der Waals surface area contributed by atoms with Crippen molar-refractivity contribution in [1.29, 1.82) is 5.26 Å². The molecule has 0 saturated heterocycles. The van der Waals surface area contributed by atoms with Gasteiger partial charge in [0.2, 0.25) is 11.1 Å². The van der Waals surface area contributed by atoms with E-state index in [1.54, 1.807) is 6.19 Å². The second-order valence-electron chi connectivity index (χ2n) is 2.67. The zero-order chi connectivity index (χ0) is 12.0. The third-order valence-electron chi connectivity index (χ3n) is 1.50. The van der Waals surface area contributed by atoms with Crippen LogP contribution in [0.1, 0.15) is 0 Å². The summed E-state index contributed by atoms with van der Waals surface area (Å²) in [5.74, 6) is -0.451. The summed E-state index contributed by atoms with van der Waals surface area (Å²) in [4.78, 5) is 3.67. The molecular weight excluding hydrogens is 229 g/mol. The molecule has 0 spiro atoms. The van der Waals surface area contributed by atoms with E-state index in [9.17, 15) is 4.39 Å². The number of benzene rings is 1. The number of thiocarbonyl (C=S) groups is 1. The van der Waals surface area contributed by atoms with Gasteiger partial charge in [0.1, 0.15) is 5.82 Å². The molecule has 0 aliphatic heterocycles. The van der Waals surface area contributed by atoms with Crippen molar-refractivity contribution in [1.82, 2.24) is 5.32 Å². The van der Waals surface area contributed by atoms with Gasteiger partial charge >= 0.3 is 0 Å². The van der Waals surface area contributed by atoms with Gasteiger partial charge in [0.05, 0.1) is 0 Å². The molecule has 0 fully saturated rings. The quantitative estimate of drug-likeness (QED) is 0.222. The van der Waals surface area contributed by atoms with Gasteiger partial charge in [0.15, 0.2) is 6.19 Å². The minimum atomic E-state index is -0.342. The maximum Gasteiger partial charge on any atom is 0.209 e. The smallest absolute Gasteiger partial charge is 0.209 e. The molecule has 0 aliphatic rings. The Morgan fingerprint density at radius 1 is 1.44 bits per heavy atom. The fraction of sp³-hybridized carbons (Fsp3) is 0. The Morgan fingerprint density at radius 2 is 2.06 bits per heavy atom. The van der Waals surface area contributed by atoms with Crippen molar-refractivity contribution < 1.29 is 4.39 Å². The lowest BCUT2D eigenvalue weighted by Gasteiger charge is -2.03. The number of nitrogens with two attached hydrogens (primary N) is 1. The van der Waals surface area contributed by atoms with Gasteiger partial charge in [0, 0.05) is 5.69 Å². The largest absolute Gasteiger partial charge is 0.369 e. The van der Waals surface area contributed by atoms with E-state index in [1.807, 2.05) is 0 Å². The van der Waals surface area contributed by atoms with Crippen LogP contribution in [0, 0.1) is 17.3 Å². The van der Waals surface area contributed by atoms with E-state index in [-0.39, 0.29) is 16.9 Å². The van der Waals surface area contributed by atoms with Crippen molar-refractivity contribution in [2.45, 2.75) is 0 Å². The van der Waals surface area contributed by atoms with Crippen LogP contribution >= 0.6 is 12.2 Å². The van der Waals surface area contributed by atoms with Crippen LogP contribution in [0.3, 0.4) is 0 Å². The van der Waals surface area contributed by atoms with E-state index in [0.717, 1.165) is 0 Å². The number of nitrogens with zero attached hydrogens (tertiary/aromatic N) is 2. The number of aliphatic imine (C=N–C) groups is 1. The summed E-state index contributed by atoms with van der Waals surface area (Å²) >= 11 is 4.84. The third-order valence-corrected chi connectivity index (χ3v) is 1.69. The van der Waals surface area contributed by atoms with E-state index >= 15 is 0 Å². The fourth-order valence-corrected chi connectivity index (χ4v) is 1.10. The molecule has 0 aromatic heterocycles. The Labute approximate surface area is 96.8 Å². The second kappa shape index (κ2) is 5.63. The highest BCUT2D eigenvalue weighted by Gasteiger charge is 1.97. The highest BCUT2D eigenvalue weighted by Crippen LogP contribution is 2.08. The lowest BCUT2D eigenvalue weighted by Crippen LogP contribution is -2.29. The minimum absolute atomic E-state index is 0.0758. The van der Waals surface area contributed by atoms with Crippen LogP contribution in [0.5, 0.6) is 0 Å². The summed E-state index contributed by atoms with van der Waals surface area (Å²) in [6, 6.07) is 5.58. The van der Waals surface area contributed by atoms with Gasteiger partial charge in [-0.25, -0.2) is 4.39 Å². The first-order valence-electron chi connectivity index (χ1n) is 4.17. The standard InChI is InChI=1S/C9H8FN5S/c10-6-1-3-7(4-2-6)14-9(16)15-8(12)13-5-11/h1-4H,(H4,12,13,14,15,16). The van der Waals surface area contributed by atoms with Crippen molar-refractivity contribution in [2.24, 2.45) is 10.7 Å². The van der Waals surface area contributed by atoms with E-state index in [2.05, 4.69) is 15.6 Å². The number of hydrogen-bond donors (Lipinski definition) is 3. The molecule has 0 amide bonds. The molecule has 1 rings (SSSR count). The van der Waals surface area contributed by atoms with E-state index in [1.165, 1.54) is 24.3 Å². The van der Waals surface area contributed by atoms with Crippen molar-refractivity contribution in [3.05, 3.63) is 30.1 Å². The Hall–Kier alpha value is -2.20. The monoisotopic (exact) mass is 237 g/mol. The molecule has 4 N–H and O–H groups in total. The van der Waals surface area contributed by atoms with Crippen LogP contribution in [0.25, 0.3) is 0 Å². The molecule has 1 aromatic carbocycles. The maximum atomic E-state index is 12.6. The molecule has 5 nitrogen and oxygen atoms in total. The first kappa shape index (κ1) is 11.9. The lowest BCUT2D eigenvalue weighted by atomic mass is 10.3. The Kier molecular flexibility index (Phi) is 4.17. The molecule has 82 valence electrons. The molecule has 16 heavy (non-hydrogen) atoms. The first-order valence-corrected chi connectivity index (χ1v) is 4.58. The Morgan fingerprint density at radius 3 is 2.62 bits per heavy atom. The van der Waals surface area contributed by atoms with E-state index < -0.39 is 0 Å². The minimum Gasteiger partial charge on any atom is -0.369 e. The van der Waals surface area contributed by atoms with Gasteiger partial charge in [0.25, 0.3) is 0 Å². The van der Waals surface area contributed by atoms with Crippen LogP contribution in [0.4, 0.5) is 10.1 Å². The van der Waals surface area contributed by atoms with Crippen molar-refractivity contribution in [2.75, 3.05) is 5.32 Å². The van der Waals surface area contributed by atoms with E-state index in [0.29, 0.717) is 5.69 Å².